The van der Waals surface area contributed by atoms with Crippen molar-refractivity contribution in [2.75, 3.05) is 5.32 Å². The molecule has 1 heterocycles. The van der Waals surface area contributed by atoms with Crippen LogP contribution < -0.4 is 10.1 Å². The first-order chi connectivity index (χ1) is 12.0. The minimum absolute atomic E-state index is 0.00784. The number of anilines is 1. The van der Waals surface area contributed by atoms with Crippen LogP contribution in [0.3, 0.4) is 0 Å². The van der Waals surface area contributed by atoms with Crippen molar-refractivity contribution in [1.29, 1.82) is 0 Å². The first-order valence-electron chi connectivity index (χ1n) is 7.86. The number of carbonyl (C=O) groups is 1. The number of aryl methyl sites for hydroxylation is 2. The molecular formula is C19H19N3O3. The van der Waals surface area contributed by atoms with Gasteiger partial charge in [-0.2, -0.15) is 5.10 Å². The largest absolute Gasteiger partial charge is 0.506 e. The summed E-state index contributed by atoms with van der Waals surface area (Å²) in [5.41, 5.74) is 2.80. The van der Waals surface area contributed by atoms with Crippen molar-refractivity contribution in [3.8, 4) is 11.5 Å². The Morgan fingerprint density at radius 1 is 1.20 bits per heavy atom. The summed E-state index contributed by atoms with van der Waals surface area (Å²) in [6, 6.07) is 14.1. The topological polar surface area (TPSA) is 76.4 Å². The highest BCUT2D eigenvalue weighted by molar-refractivity contribution is 6.03. The van der Waals surface area contributed by atoms with E-state index in [9.17, 15) is 9.90 Å². The number of hydrogen-bond acceptors (Lipinski definition) is 4. The highest BCUT2D eigenvalue weighted by atomic mass is 16.5. The van der Waals surface area contributed by atoms with Crippen LogP contribution in [0.4, 0.5) is 5.69 Å². The van der Waals surface area contributed by atoms with E-state index in [1.807, 2.05) is 32.0 Å². The van der Waals surface area contributed by atoms with Gasteiger partial charge in [-0.25, -0.2) is 4.68 Å². The van der Waals surface area contributed by atoms with Gasteiger partial charge in [-0.05, 0) is 43.7 Å². The fourth-order valence-electron chi connectivity index (χ4n) is 2.42. The van der Waals surface area contributed by atoms with Gasteiger partial charge in [-0.3, -0.25) is 4.79 Å². The van der Waals surface area contributed by atoms with Crippen LogP contribution in [0.5, 0.6) is 11.5 Å². The van der Waals surface area contributed by atoms with Gasteiger partial charge in [0.25, 0.3) is 5.91 Å². The predicted octanol–water partition coefficient (Wildman–Crippen LogP) is 3.49. The average Bonchev–Trinajstić information content (AvgIpc) is 3.05. The standard InChI is InChI=1S/C19H19N3O3/c1-13-7-8-18(14(2)11-13)25-12-22-10-9-16(21-22)19(24)20-15-5-3-4-6-17(15)23/h3-11,23H,12H2,1-2H3,(H,20,24). The smallest absolute Gasteiger partial charge is 0.276 e. The zero-order valence-corrected chi connectivity index (χ0v) is 14.1. The SMILES string of the molecule is Cc1ccc(OCn2ccc(C(=O)Nc3ccccc3O)n2)c(C)c1. The fraction of sp³-hybridized carbons (Fsp3) is 0.158. The summed E-state index contributed by atoms with van der Waals surface area (Å²) in [7, 11) is 0. The van der Waals surface area contributed by atoms with E-state index in [4.69, 9.17) is 4.74 Å². The van der Waals surface area contributed by atoms with E-state index in [1.165, 1.54) is 11.6 Å². The van der Waals surface area contributed by atoms with E-state index in [-0.39, 0.29) is 18.2 Å². The number of aromatic nitrogens is 2. The number of ether oxygens (including phenoxy) is 1. The number of aromatic hydroxyl groups is 1. The lowest BCUT2D eigenvalue weighted by Gasteiger charge is -2.09. The number of benzene rings is 2. The number of phenols is 1. The van der Waals surface area contributed by atoms with Crippen LogP contribution in [-0.4, -0.2) is 20.8 Å². The minimum Gasteiger partial charge on any atom is -0.506 e. The molecule has 128 valence electrons. The molecule has 0 spiro atoms. The van der Waals surface area contributed by atoms with E-state index < -0.39 is 5.91 Å². The molecule has 3 aromatic rings. The van der Waals surface area contributed by atoms with Crippen LogP contribution in [0.25, 0.3) is 0 Å². The van der Waals surface area contributed by atoms with Crippen LogP contribution in [0.15, 0.2) is 54.7 Å². The van der Waals surface area contributed by atoms with Crippen LogP contribution in [-0.2, 0) is 6.73 Å². The maximum absolute atomic E-state index is 12.2. The number of amides is 1. The van der Waals surface area contributed by atoms with E-state index >= 15 is 0 Å². The van der Waals surface area contributed by atoms with Gasteiger partial charge >= 0.3 is 0 Å². The molecule has 0 aliphatic heterocycles. The summed E-state index contributed by atoms with van der Waals surface area (Å²) in [4.78, 5) is 12.2. The zero-order valence-electron chi connectivity index (χ0n) is 14.1. The summed E-state index contributed by atoms with van der Waals surface area (Å²) in [6.07, 6.45) is 1.67. The lowest BCUT2D eigenvalue weighted by atomic mass is 10.1. The zero-order chi connectivity index (χ0) is 17.8. The molecule has 0 saturated carbocycles. The third-order valence-corrected chi connectivity index (χ3v) is 3.71. The second-order valence-electron chi connectivity index (χ2n) is 5.75. The van der Waals surface area contributed by atoms with Gasteiger partial charge in [-0.15, -0.1) is 0 Å². The van der Waals surface area contributed by atoms with Crippen LogP contribution in [0.1, 0.15) is 21.6 Å². The molecule has 2 N–H and O–H groups in total. The second kappa shape index (κ2) is 7.09. The molecule has 0 saturated heterocycles. The minimum atomic E-state index is -0.397. The number of para-hydroxylation sites is 2. The summed E-state index contributed by atoms with van der Waals surface area (Å²) < 4.78 is 7.28. The molecule has 0 fully saturated rings. The van der Waals surface area contributed by atoms with E-state index in [0.717, 1.165) is 11.3 Å². The van der Waals surface area contributed by atoms with E-state index in [0.29, 0.717) is 5.69 Å². The molecule has 2 aromatic carbocycles. The van der Waals surface area contributed by atoms with Crippen molar-refractivity contribution in [2.24, 2.45) is 0 Å². The second-order valence-corrected chi connectivity index (χ2v) is 5.75. The van der Waals surface area contributed by atoms with Gasteiger partial charge in [0.2, 0.25) is 0 Å². The first kappa shape index (κ1) is 16.6. The molecule has 1 aromatic heterocycles. The lowest BCUT2D eigenvalue weighted by molar-refractivity contribution is 0.101. The molecule has 6 heteroatoms. The molecule has 0 unspecified atom stereocenters. The molecule has 3 rings (SSSR count). The Hall–Kier alpha value is -3.28. The summed E-state index contributed by atoms with van der Waals surface area (Å²) >= 11 is 0. The Morgan fingerprint density at radius 3 is 2.76 bits per heavy atom. The Labute approximate surface area is 145 Å². The molecule has 25 heavy (non-hydrogen) atoms. The molecule has 0 radical (unpaired) electrons. The molecule has 0 aliphatic rings. The Balaban J connectivity index is 1.64. The molecule has 6 nitrogen and oxygen atoms in total. The number of rotatable bonds is 5. The number of hydrogen-bond donors (Lipinski definition) is 2. The van der Waals surface area contributed by atoms with Crippen molar-refractivity contribution in [1.82, 2.24) is 9.78 Å². The molecule has 0 aliphatic carbocycles. The molecule has 0 bridgehead atoms. The van der Waals surface area contributed by atoms with Crippen molar-refractivity contribution in [2.45, 2.75) is 20.6 Å². The molecule has 0 atom stereocenters. The first-order valence-corrected chi connectivity index (χ1v) is 7.86. The highest BCUT2D eigenvalue weighted by Gasteiger charge is 2.12. The van der Waals surface area contributed by atoms with Gasteiger partial charge in [-0.1, -0.05) is 29.8 Å². The lowest BCUT2D eigenvalue weighted by Crippen LogP contribution is -2.14. The van der Waals surface area contributed by atoms with Gasteiger partial charge < -0.3 is 15.2 Å². The van der Waals surface area contributed by atoms with E-state index in [1.54, 1.807) is 35.1 Å². The van der Waals surface area contributed by atoms with Gasteiger partial charge in [0.05, 0.1) is 5.69 Å². The average molecular weight is 337 g/mol. The van der Waals surface area contributed by atoms with Gasteiger partial charge in [0, 0.05) is 6.20 Å². The van der Waals surface area contributed by atoms with Gasteiger partial charge in [0.15, 0.2) is 12.4 Å². The maximum atomic E-state index is 12.2. The fourth-order valence-corrected chi connectivity index (χ4v) is 2.42. The summed E-state index contributed by atoms with van der Waals surface area (Å²) in [5, 5.41) is 16.5. The predicted molar refractivity (Wildman–Crippen MR) is 94.8 cm³/mol. The number of nitrogens with one attached hydrogen (secondary N) is 1. The Bertz CT molecular complexity index is 902. The van der Waals surface area contributed by atoms with Crippen molar-refractivity contribution in [3.05, 3.63) is 71.5 Å². The monoisotopic (exact) mass is 337 g/mol. The van der Waals surface area contributed by atoms with Crippen molar-refractivity contribution < 1.29 is 14.6 Å². The van der Waals surface area contributed by atoms with E-state index in [2.05, 4.69) is 10.4 Å². The number of nitrogens with zero attached hydrogens (tertiary/aromatic N) is 2. The normalized spacial score (nSPS) is 10.5. The Kier molecular flexibility index (Phi) is 4.70. The molecule has 1 amide bonds. The third-order valence-electron chi connectivity index (χ3n) is 3.71. The van der Waals surface area contributed by atoms with Crippen molar-refractivity contribution >= 4 is 11.6 Å². The summed E-state index contributed by atoms with van der Waals surface area (Å²) in [5.74, 6) is 0.390. The quantitative estimate of drug-likeness (QED) is 0.699. The van der Waals surface area contributed by atoms with Crippen LogP contribution in [0.2, 0.25) is 0 Å². The Morgan fingerprint density at radius 2 is 2.00 bits per heavy atom. The van der Waals surface area contributed by atoms with Crippen molar-refractivity contribution in [3.63, 3.8) is 0 Å². The van der Waals surface area contributed by atoms with Gasteiger partial charge in [0.1, 0.15) is 11.5 Å². The maximum Gasteiger partial charge on any atom is 0.276 e. The highest BCUT2D eigenvalue weighted by Crippen LogP contribution is 2.22. The molecular weight excluding hydrogens is 318 g/mol. The number of phenolic OH excluding ortho intramolecular Hbond substituents is 1. The summed E-state index contributed by atoms with van der Waals surface area (Å²) in [6.45, 7) is 4.21. The third kappa shape index (κ3) is 3.98. The van der Waals surface area contributed by atoms with Crippen LogP contribution in [0, 0.1) is 13.8 Å². The number of carbonyl (C=O) groups excluding carboxylic acids is 1. The van der Waals surface area contributed by atoms with Crippen LogP contribution >= 0.6 is 0 Å².